The highest BCUT2D eigenvalue weighted by Crippen LogP contribution is 2.29. The summed E-state index contributed by atoms with van der Waals surface area (Å²) in [4.78, 5) is 19.4. The average Bonchev–Trinajstić information content (AvgIpc) is 3.28. The summed E-state index contributed by atoms with van der Waals surface area (Å²) >= 11 is 0. The quantitative estimate of drug-likeness (QED) is 0.609. The summed E-state index contributed by atoms with van der Waals surface area (Å²) < 4.78 is 30.2. The summed E-state index contributed by atoms with van der Waals surface area (Å²) in [6.45, 7) is 8.79. The van der Waals surface area contributed by atoms with E-state index in [0.717, 1.165) is 27.9 Å². The van der Waals surface area contributed by atoms with E-state index in [4.69, 9.17) is 0 Å². The molecule has 2 aromatic carbocycles. The molecule has 0 N–H and O–H groups in total. The van der Waals surface area contributed by atoms with Crippen LogP contribution >= 0.6 is 0 Å². The van der Waals surface area contributed by atoms with Gasteiger partial charge in [0.1, 0.15) is 5.69 Å². The molecule has 0 bridgehead atoms. The topological polar surface area (TPSA) is 75.5 Å². The van der Waals surface area contributed by atoms with Gasteiger partial charge >= 0.3 is 0 Å². The molecule has 8 heteroatoms. The first kappa shape index (κ1) is 22.2. The van der Waals surface area contributed by atoms with E-state index in [0.29, 0.717) is 23.7 Å². The number of hydrogen-bond acceptors (Lipinski definition) is 4. The van der Waals surface area contributed by atoms with Crippen LogP contribution < -0.4 is 0 Å². The Morgan fingerprint density at radius 2 is 1.50 bits per heavy atom. The number of hydrogen-bond donors (Lipinski definition) is 0. The maximum atomic E-state index is 13.5. The van der Waals surface area contributed by atoms with Crippen LogP contribution in [0.2, 0.25) is 0 Å². The summed E-state index contributed by atoms with van der Waals surface area (Å²) in [5, 5.41) is 0. The van der Waals surface area contributed by atoms with E-state index in [1.807, 2.05) is 64.1 Å². The molecule has 4 rings (SSSR count). The van der Waals surface area contributed by atoms with E-state index >= 15 is 0 Å². The minimum atomic E-state index is -3.64. The lowest BCUT2D eigenvalue weighted by Gasteiger charge is -2.34. The Hall–Kier alpha value is -2.97. The molecule has 32 heavy (non-hydrogen) atoms. The predicted molar refractivity (Wildman–Crippen MR) is 124 cm³/mol. The number of rotatable bonds is 4. The van der Waals surface area contributed by atoms with Crippen molar-refractivity contribution in [3.63, 3.8) is 0 Å². The van der Waals surface area contributed by atoms with Gasteiger partial charge in [-0.2, -0.15) is 4.31 Å². The molecule has 0 spiro atoms. The number of aryl methyl sites for hydroxylation is 2. The minimum Gasteiger partial charge on any atom is -0.335 e. The predicted octanol–water partition coefficient (Wildman–Crippen LogP) is 3.25. The third-order valence-corrected chi connectivity index (χ3v) is 8.49. The molecule has 1 fully saturated rings. The van der Waals surface area contributed by atoms with Crippen molar-refractivity contribution in [3.05, 3.63) is 76.9 Å². The Morgan fingerprint density at radius 1 is 0.906 bits per heavy atom. The zero-order valence-electron chi connectivity index (χ0n) is 18.9. The van der Waals surface area contributed by atoms with Crippen molar-refractivity contribution in [3.8, 4) is 5.69 Å². The van der Waals surface area contributed by atoms with E-state index in [-0.39, 0.29) is 19.0 Å². The van der Waals surface area contributed by atoms with E-state index in [9.17, 15) is 13.2 Å². The van der Waals surface area contributed by atoms with Gasteiger partial charge in [-0.3, -0.25) is 9.36 Å². The first-order valence-corrected chi connectivity index (χ1v) is 12.1. The van der Waals surface area contributed by atoms with Crippen molar-refractivity contribution < 1.29 is 13.2 Å². The fraction of sp³-hybridized carbons (Fsp3) is 0.333. The van der Waals surface area contributed by atoms with Crippen LogP contribution in [0, 0.1) is 27.7 Å². The zero-order valence-corrected chi connectivity index (χ0v) is 19.7. The Bertz CT molecular complexity index is 1230. The molecule has 0 atom stereocenters. The third kappa shape index (κ3) is 3.84. The monoisotopic (exact) mass is 452 g/mol. The molecule has 0 saturated carbocycles. The summed E-state index contributed by atoms with van der Waals surface area (Å²) in [6.07, 6.45) is 3.18. The van der Waals surface area contributed by atoms with E-state index in [2.05, 4.69) is 4.98 Å². The minimum absolute atomic E-state index is 0.151. The lowest BCUT2D eigenvalue weighted by Crippen LogP contribution is -2.51. The number of amides is 1. The maximum absolute atomic E-state index is 13.5. The number of para-hydroxylation sites is 1. The summed E-state index contributed by atoms with van der Waals surface area (Å²) in [7, 11) is -3.64. The van der Waals surface area contributed by atoms with Gasteiger partial charge < -0.3 is 4.90 Å². The van der Waals surface area contributed by atoms with Gasteiger partial charge in [0.05, 0.1) is 17.4 Å². The van der Waals surface area contributed by atoms with Gasteiger partial charge in [0, 0.05) is 31.9 Å². The second-order valence-electron chi connectivity index (χ2n) is 8.27. The normalized spacial score (nSPS) is 15.2. The molecule has 3 aromatic rings. The number of piperazine rings is 1. The van der Waals surface area contributed by atoms with Crippen molar-refractivity contribution in [2.45, 2.75) is 32.6 Å². The number of carbonyl (C=O) groups excluding carboxylic acids is 1. The molecule has 1 amide bonds. The molecular weight excluding hydrogens is 424 g/mol. The summed E-state index contributed by atoms with van der Waals surface area (Å²) in [5.74, 6) is -0.151. The maximum Gasteiger partial charge on any atom is 0.272 e. The highest BCUT2D eigenvalue weighted by molar-refractivity contribution is 7.89. The van der Waals surface area contributed by atoms with Crippen molar-refractivity contribution in [2.75, 3.05) is 26.2 Å². The van der Waals surface area contributed by atoms with E-state index in [1.165, 1.54) is 4.31 Å². The lowest BCUT2D eigenvalue weighted by atomic mass is 10.0. The van der Waals surface area contributed by atoms with Crippen LogP contribution in [0.1, 0.15) is 32.7 Å². The molecular formula is C24H28N4O3S. The molecule has 1 aliphatic rings. The molecule has 1 aliphatic heterocycles. The standard InChI is InChI=1S/C24H28N4O3S/c1-17-14-18(2)20(4)23(19(17)3)32(30,31)27-12-10-26(11-13-27)24(29)22-15-25-16-28(22)21-8-6-5-7-9-21/h5-9,14-16H,10-13H2,1-4H3. The third-order valence-electron chi connectivity index (χ3n) is 6.31. The van der Waals surface area contributed by atoms with E-state index < -0.39 is 10.0 Å². The smallest absolute Gasteiger partial charge is 0.272 e. The van der Waals surface area contributed by atoms with Gasteiger partial charge in [-0.1, -0.05) is 24.3 Å². The first-order chi connectivity index (χ1) is 15.2. The van der Waals surface area contributed by atoms with Gasteiger partial charge in [0.15, 0.2) is 0 Å². The molecule has 1 saturated heterocycles. The fourth-order valence-corrected chi connectivity index (χ4v) is 6.24. The number of benzene rings is 2. The van der Waals surface area contributed by atoms with Crippen molar-refractivity contribution in [1.29, 1.82) is 0 Å². The highest BCUT2D eigenvalue weighted by atomic mass is 32.2. The molecule has 7 nitrogen and oxygen atoms in total. The summed E-state index contributed by atoms with van der Waals surface area (Å²) in [6, 6.07) is 11.6. The molecule has 0 aliphatic carbocycles. The van der Waals surface area contributed by atoms with Gasteiger partial charge in [0.2, 0.25) is 10.0 Å². The number of aromatic nitrogens is 2. The Labute approximate surface area is 189 Å². The number of carbonyl (C=O) groups is 1. The zero-order chi connectivity index (χ0) is 23.0. The largest absolute Gasteiger partial charge is 0.335 e. The second kappa shape index (κ2) is 8.52. The Kier molecular flexibility index (Phi) is 5.92. The summed E-state index contributed by atoms with van der Waals surface area (Å²) in [5.41, 5.74) is 4.84. The number of sulfonamides is 1. The van der Waals surface area contributed by atoms with Gasteiger partial charge in [0.25, 0.3) is 5.91 Å². The van der Waals surface area contributed by atoms with Crippen molar-refractivity contribution in [1.82, 2.24) is 18.8 Å². The van der Waals surface area contributed by atoms with Gasteiger partial charge in [-0.05, 0) is 62.1 Å². The van der Waals surface area contributed by atoms with Crippen LogP contribution in [0.4, 0.5) is 0 Å². The molecule has 1 aromatic heterocycles. The second-order valence-corrected chi connectivity index (χ2v) is 10.1. The Balaban J connectivity index is 1.54. The van der Waals surface area contributed by atoms with Gasteiger partial charge in [-0.25, -0.2) is 13.4 Å². The first-order valence-electron chi connectivity index (χ1n) is 10.7. The SMILES string of the molecule is Cc1cc(C)c(C)c(S(=O)(=O)N2CCN(C(=O)c3cncn3-c3ccccc3)CC2)c1C. The van der Waals surface area contributed by atoms with Crippen LogP contribution in [0.5, 0.6) is 0 Å². The van der Waals surface area contributed by atoms with Crippen LogP contribution in [-0.4, -0.2) is 59.3 Å². The van der Waals surface area contributed by atoms with Crippen molar-refractivity contribution >= 4 is 15.9 Å². The average molecular weight is 453 g/mol. The molecule has 0 radical (unpaired) electrons. The van der Waals surface area contributed by atoms with Crippen LogP contribution in [0.25, 0.3) is 5.69 Å². The number of nitrogens with zero attached hydrogens (tertiary/aromatic N) is 4. The molecule has 0 unspecified atom stereocenters. The van der Waals surface area contributed by atoms with E-state index in [1.54, 1.807) is 22.0 Å². The lowest BCUT2D eigenvalue weighted by molar-refractivity contribution is 0.0689. The Morgan fingerprint density at radius 3 is 2.09 bits per heavy atom. The van der Waals surface area contributed by atoms with Crippen LogP contribution in [0.3, 0.4) is 0 Å². The number of imidazole rings is 1. The highest BCUT2D eigenvalue weighted by Gasteiger charge is 2.33. The van der Waals surface area contributed by atoms with Gasteiger partial charge in [-0.15, -0.1) is 0 Å². The van der Waals surface area contributed by atoms with Crippen LogP contribution in [0.15, 0.2) is 53.8 Å². The molecule has 168 valence electrons. The molecule has 2 heterocycles. The van der Waals surface area contributed by atoms with Crippen molar-refractivity contribution in [2.24, 2.45) is 0 Å². The fourth-order valence-electron chi connectivity index (χ4n) is 4.24. The van der Waals surface area contributed by atoms with Crippen LogP contribution in [-0.2, 0) is 10.0 Å².